The minimum Gasteiger partial charge on any atom is -0.461 e. The molecule has 61 heavy (non-hydrogen) atoms. The van der Waals surface area contributed by atoms with Crippen LogP contribution in [0.4, 0.5) is 0 Å². The summed E-state index contributed by atoms with van der Waals surface area (Å²) in [5.41, 5.74) is -6.33. The lowest BCUT2D eigenvalue weighted by atomic mass is 9.51. The van der Waals surface area contributed by atoms with Gasteiger partial charge in [0.05, 0.1) is 17.9 Å². The zero-order valence-corrected chi connectivity index (χ0v) is 36.7. The van der Waals surface area contributed by atoms with Gasteiger partial charge in [0.1, 0.15) is 24.4 Å². The molecule has 0 aromatic rings. The summed E-state index contributed by atoms with van der Waals surface area (Å²) < 4.78 is 52.9. The van der Waals surface area contributed by atoms with E-state index in [-0.39, 0.29) is 49.2 Å². The second kappa shape index (κ2) is 19.5. The Morgan fingerprint density at radius 2 is 1.25 bits per heavy atom. The zero-order chi connectivity index (χ0) is 45.8. The molecule has 0 radical (unpaired) electrons. The van der Waals surface area contributed by atoms with Crippen LogP contribution in [0.3, 0.4) is 0 Å². The van der Waals surface area contributed by atoms with E-state index in [1.807, 2.05) is 13.8 Å². The maximum atomic E-state index is 13.9. The van der Waals surface area contributed by atoms with Crippen LogP contribution in [-0.2, 0) is 81.0 Å². The Kier molecular flexibility index (Phi) is 15.6. The molecule has 1 N–H and O–H groups in total. The first kappa shape index (κ1) is 48.8. The van der Waals surface area contributed by atoms with Crippen molar-refractivity contribution in [2.24, 2.45) is 35.0 Å². The van der Waals surface area contributed by atoms with Crippen LogP contribution >= 0.6 is 0 Å². The first-order valence-electron chi connectivity index (χ1n) is 20.5. The number of fused-ring (bicyclic) bond motifs is 3. The van der Waals surface area contributed by atoms with Crippen molar-refractivity contribution in [3.63, 3.8) is 0 Å². The Balaban J connectivity index is 2.10. The van der Waals surface area contributed by atoms with Crippen molar-refractivity contribution in [1.82, 2.24) is 0 Å². The van der Waals surface area contributed by atoms with Gasteiger partial charge in [0.15, 0.2) is 36.6 Å². The first-order chi connectivity index (χ1) is 28.4. The van der Waals surface area contributed by atoms with Crippen molar-refractivity contribution in [2.45, 2.75) is 143 Å². The van der Waals surface area contributed by atoms with E-state index in [1.165, 1.54) is 32.1 Å². The van der Waals surface area contributed by atoms with Gasteiger partial charge in [-0.1, -0.05) is 54.5 Å². The monoisotopic (exact) mass is 864 g/mol. The summed E-state index contributed by atoms with van der Waals surface area (Å²) in [6, 6.07) is 0. The second-order valence-corrected chi connectivity index (χ2v) is 17.7. The molecule has 18 heteroatoms. The average Bonchev–Trinajstić information content (AvgIpc) is 3.88. The highest BCUT2D eigenvalue weighted by atomic mass is 16.7. The quantitative estimate of drug-likeness (QED) is 0.141. The Morgan fingerprint density at radius 3 is 1.77 bits per heavy atom. The third-order valence-electron chi connectivity index (χ3n) is 11.2. The van der Waals surface area contributed by atoms with E-state index in [0.717, 1.165) is 20.8 Å². The van der Waals surface area contributed by atoms with Gasteiger partial charge in [-0.2, -0.15) is 0 Å². The molecule has 11 atom stereocenters. The number of hydrogen-bond donors (Lipinski definition) is 1. The molecular formula is C43H60O18. The highest BCUT2D eigenvalue weighted by Crippen LogP contribution is 2.63. The van der Waals surface area contributed by atoms with E-state index >= 15 is 0 Å². The van der Waals surface area contributed by atoms with Crippen LogP contribution in [0.5, 0.6) is 0 Å². The molecule has 0 aromatic carbocycles. The van der Waals surface area contributed by atoms with Crippen molar-refractivity contribution in [1.29, 1.82) is 0 Å². The van der Waals surface area contributed by atoms with Gasteiger partial charge in [0.25, 0.3) is 0 Å². The largest absolute Gasteiger partial charge is 0.461 e. The Morgan fingerprint density at radius 1 is 0.738 bits per heavy atom. The number of esters is 8. The normalized spacial score (nSPS) is 34.1. The van der Waals surface area contributed by atoms with Crippen LogP contribution in [0.1, 0.15) is 95.4 Å². The van der Waals surface area contributed by atoms with Crippen molar-refractivity contribution < 1.29 is 86.1 Å². The maximum Gasteiger partial charge on any atom is 0.344 e. The molecule has 1 saturated carbocycles. The van der Waals surface area contributed by atoms with Crippen LogP contribution in [0.15, 0.2) is 23.8 Å². The SMILES string of the molecule is CC(=O)O[C@@H]1[C@H](OC(=O)CC(C)C)[C@H](OC(C)=O)[C@]2(C)[C@H](OC(=O)COC(=O)CC(C)C)/C=C\C(COC(=O)CC(C)C)=C/[C@@H]3OC(=O)[C@H](C)[C@@]3(O)[C@@H](OC(C)=O)[C@H]2[C@@]12CO2. The molecule has 0 amide bonds. The molecule has 0 bridgehead atoms. The molecule has 2 aliphatic heterocycles. The highest BCUT2D eigenvalue weighted by Gasteiger charge is 2.81. The van der Waals surface area contributed by atoms with Crippen molar-refractivity contribution in [3.8, 4) is 0 Å². The highest BCUT2D eigenvalue weighted by molar-refractivity contribution is 5.79. The van der Waals surface area contributed by atoms with E-state index < -0.39 is 126 Å². The Bertz CT molecular complexity index is 1770. The fourth-order valence-corrected chi connectivity index (χ4v) is 8.53. The van der Waals surface area contributed by atoms with Gasteiger partial charge in [0.2, 0.25) is 0 Å². The minimum absolute atomic E-state index is 0.0157. The second-order valence-electron chi connectivity index (χ2n) is 17.7. The molecular weight excluding hydrogens is 804 g/mol. The predicted molar refractivity (Wildman–Crippen MR) is 208 cm³/mol. The van der Waals surface area contributed by atoms with E-state index in [9.17, 15) is 43.5 Å². The maximum absolute atomic E-state index is 13.9. The zero-order valence-electron chi connectivity index (χ0n) is 36.7. The number of hydrogen-bond acceptors (Lipinski definition) is 18. The standard InChI is InChI=1S/C43H60O18/c1-21(2)14-31(47)53-18-28-12-13-29(59-34(50)19-54-32(48)15-22(3)4)41(11)36(39(58-27(10)46)43(52)24(7)40(51)60-30(43)17-28)42(20-55-42)38(57-26(9)45)35(37(41)56-25(8)44)61-33(49)16-23(5)6/h12-13,17,21-24,29-30,35-39,52H,14-16,18-20H2,1-11H3/b13-12-,28-17+/t24-,29+,30-,35+,36+,37-,38+,39-,41+,42-,43-/m0/s1. The summed E-state index contributed by atoms with van der Waals surface area (Å²) in [4.78, 5) is 106. The molecule has 0 aromatic heterocycles. The lowest BCUT2D eigenvalue weighted by molar-refractivity contribution is -0.279. The molecule has 2 saturated heterocycles. The molecule has 1 spiro atoms. The molecule has 4 aliphatic rings. The topological polar surface area (TPSA) is 243 Å². The van der Waals surface area contributed by atoms with Crippen molar-refractivity contribution in [3.05, 3.63) is 23.8 Å². The van der Waals surface area contributed by atoms with E-state index in [2.05, 4.69) is 0 Å². The minimum atomic E-state index is -2.52. The summed E-state index contributed by atoms with van der Waals surface area (Å²) in [7, 11) is 0. The molecule has 3 fully saturated rings. The number of ether oxygens (including phenoxy) is 9. The van der Waals surface area contributed by atoms with Crippen molar-refractivity contribution >= 4 is 47.8 Å². The third-order valence-corrected chi connectivity index (χ3v) is 11.2. The van der Waals surface area contributed by atoms with Crippen LogP contribution in [0.2, 0.25) is 0 Å². The van der Waals surface area contributed by atoms with Gasteiger partial charge in [-0.05, 0) is 42.4 Å². The van der Waals surface area contributed by atoms with E-state index in [1.54, 1.807) is 27.7 Å². The first-order valence-corrected chi connectivity index (χ1v) is 20.5. The Hall–Kier alpha value is -4.84. The summed E-state index contributed by atoms with van der Waals surface area (Å²) in [6.07, 6.45) is -6.38. The molecule has 4 rings (SSSR count). The van der Waals surface area contributed by atoms with Gasteiger partial charge in [-0.25, -0.2) is 4.79 Å². The fraction of sp³-hybridized carbons (Fsp3) is 0.721. The molecule has 340 valence electrons. The molecule has 0 unspecified atom stereocenters. The number of carbonyl (C=O) groups is 8. The number of aliphatic hydroxyl groups is 1. The number of rotatable bonds is 15. The predicted octanol–water partition coefficient (Wildman–Crippen LogP) is 3.02. The summed E-state index contributed by atoms with van der Waals surface area (Å²) in [5.74, 6) is -10.3. The fourth-order valence-electron chi connectivity index (χ4n) is 8.53. The van der Waals surface area contributed by atoms with Gasteiger partial charge in [0, 0.05) is 46.0 Å². The van der Waals surface area contributed by atoms with E-state index in [4.69, 9.17) is 42.6 Å². The third kappa shape index (κ3) is 11.0. The van der Waals surface area contributed by atoms with Crippen LogP contribution in [-0.4, -0.2) is 121 Å². The molecule has 2 aliphatic carbocycles. The van der Waals surface area contributed by atoms with Crippen LogP contribution in [0.25, 0.3) is 0 Å². The lowest BCUT2D eigenvalue weighted by Crippen LogP contribution is -2.76. The summed E-state index contributed by atoms with van der Waals surface area (Å²) in [5, 5.41) is 13.1. The number of epoxide rings is 1. The van der Waals surface area contributed by atoms with Crippen LogP contribution in [0, 0.1) is 35.0 Å². The van der Waals surface area contributed by atoms with Gasteiger partial charge in [-0.3, -0.25) is 33.6 Å². The van der Waals surface area contributed by atoms with Crippen LogP contribution < -0.4 is 0 Å². The number of carbonyl (C=O) groups excluding carboxylic acids is 8. The van der Waals surface area contributed by atoms with Gasteiger partial charge in [-0.15, -0.1) is 0 Å². The molecule has 18 nitrogen and oxygen atoms in total. The summed E-state index contributed by atoms with van der Waals surface area (Å²) in [6.45, 7) is 15.0. The lowest BCUT2D eigenvalue weighted by Gasteiger charge is -2.59. The smallest absolute Gasteiger partial charge is 0.344 e. The van der Waals surface area contributed by atoms with Gasteiger partial charge >= 0.3 is 47.8 Å². The summed E-state index contributed by atoms with van der Waals surface area (Å²) >= 11 is 0. The average molecular weight is 865 g/mol. The van der Waals surface area contributed by atoms with E-state index in [0.29, 0.717) is 0 Å². The van der Waals surface area contributed by atoms with Gasteiger partial charge < -0.3 is 47.7 Å². The molecule has 2 heterocycles. The Labute approximate surface area is 355 Å². The van der Waals surface area contributed by atoms with Crippen molar-refractivity contribution in [2.75, 3.05) is 19.8 Å².